The molecule has 0 bridgehead atoms. The quantitative estimate of drug-likeness (QED) is 0.188. The number of carboxylic acid groups (broad SMARTS) is 1. The van der Waals surface area contributed by atoms with Crippen LogP contribution in [0.3, 0.4) is 0 Å². The van der Waals surface area contributed by atoms with E-state index in [4.69, 9.17) is 4.74 Å². The summed E-state index contributed by atoms with van der Waals surface area (Å²) in [6, 6.07) is 15.6. The van der Waals surface area contributed by atoms with Gasteiger partial charge < -0.3 is 30.9 Å². The molecule has 1 saturated carbocycles. The fraction of sp³-hybridized carbons (Fsp3) is 0.515. The van der Waals surface area contributed by atoms with Crippen LogP contribution in [-0.4, -0.2) is 65.2 Å². The molecule has 10 heteroatoms. The number of aliphatic hydroxyl groups is 1. The number of hydrogen-bond donors (Lipinski definition) is 5. The lowest BCUT2D eigenvalue weighted by Gasteiger charge is -2.28. The molecule has 1 aliphatic carbocycles. The molecular formula is C33H45N3O7. The summed E-state index contributed by atoms with van der Waals surface area (Å²) >= 11 is 0. The number of nitrogens with one attached hydrogen (secondary N) is 3. The van der Waals surface area contributed by atoms with E-state index < -0.39 is 54.9 Å². The molecule has 4 atom stereocenters. The number of hydrogen-bond acceptors (Lipinski definition) is 6. The van der Waals surface area contributed by atoms with Gasteiger partial charge in [-0.05, 0) is 55.7 Å². The molecule has 0 spiro atoms. The van der Waals surface area contributed by atoms with Crippen molar-refractivity contribution in [3.05, 3.63) is 66.2 Å². The fourth-order valence-corrected chi connectivity index (χ4v) is 5.40. The van der Waals surface area contributed by atoms with Gasteiger partial charge >= 0.3 is 5.97 Å². The third kappa shape index (κ3) is 12.1. The molecule has 5 N–H and O–H groups in total. The number of aliphatic hydroxyl groups excluding tert-OH is 1. The number of benzene rings is 2. The number of carbonyl (C=O) groups is 4. The number of rotatable bonds is 17. The Hall–Kier alpha value is -3.92. The van der Waals surface area contributed by atoms with Crippen molar-refractivity contribution in [3.8, 4) is 5.75 Å². The molecule has 2 aromatic rings. The molecule has 2 aromatic carbocycles. The van der Waals surface area contributed by atoms with Gasteiger partial charge in [-0.1, -0.05) is 74.7 Å². The lowest BCUT2D eigenvalue weighted by Crippen LogP contribution is -2.50. The van der Waals surface area contributed by atoms with E-state index in [1.807, 2.05) is 37.3 Å². The van der Waals surface area contributed by atoms with Crippen LogP contribution >= 0.6 is 0 Å². The van der Waals surface area contributed by atoms with Crippen LogP contribution in [0.2, 0.25) is 0 Å². The number of para-hydroxylation sites is 1. The minimum atomic E-state index is -1.49. The van der Waals surface area contributed by atoms with Crippen molar-refractivity contribution in [2.75, 3.05) is 13.2 Å². The minimum Gasteiger partial charge on any atom is -0.484 e. The summed E-state index contributed by atoms with van der Waals surface area (Å²) in [6.07, 6.45) is 5.18. The van der Waals surface area contributed by atoms with Gasteiger partial charge in [0.15, 0.2) is 6.61 Å². The van der Waals surface area contributed by atoms with E-state index >= 15 is 0 Å². The molecule has 3 rings (SSSR count). The van der Waals surface area contributed by atoms with Crippen LogP contribution < -0.4 is 20.7 Å². The van der Waals surface area contributed by atoms with Gasteiger partial charge in [0.2, 0.25) is 11.8 Å². The first-order valence-electron chi connectivity index (χ1n) is 15.2. The third-order valence-corrected chi connectivity index (χ3v) is 7.92. The lowest BCUT2D eigenvalue weighted by atomic mass is 9.88. The van der Waals surface area contributed by atoms with Crippen LogP contribution in [0, 0.1) is 11.8 Å². The van der Waals surface area contributed by atoms with E-state index in [-0.39, 0.29) is 18.7 Å². The van der Waals surface area contributed by atoms with Crippen molar-refractivity contribution in [1.29, 1.82) is 0 Å². The number of aliphatic carboxylic acids is 1. The van der Waals surface area contributed by atoms with E-state index in [2.05, 4.69) is 16.0 Å². The maximum Gasteiger partial charge on any atom is 0.326 e. The Morgan fingerprint density at radius 2 is 1.56 bits per heavy atom. The molecule has 0 unspecified atom stereocenters. The van der Waals surface area contributed by atoms with Gasteiger partial charge in [0.25, 0.3) is 5.91 Å². The fourth-order valence-electron chi connectivity index (χ4n) is 5.40. The average Bonchev–Trinajstić information content (AvgIpc) is 3.02. The lowest BCUT2D eigenvalue weighted by molar-refractivity contribution is -0.144. The van der Waals surface area contributed by atoms with E-state index in [0.29, 0.717) is 24.6 Å². The van der Waals surface area contributed by atoms with Crippen LogP contribution in [0.4, 0.5) is 0 Å². The van der Waals surface area contributed by atoms with E-state index in [1.54, 1.807) is 30.3 Å². The molecule has 0 aliphatic heterocycles. The predicted octanol–water partition coefficient (Wildman–Crippen LogP) is 3.23. The molecule has 3 amide bonds. The molecule has 0 radical (unpaired) electrons. The van der Waals surface area contributed by atoms with Crippen LogP contribution in [0.1, 0.15) is 63.9 Å². The molecular weight excluding hydrogens is 550 g/mol. The van der Waals surface area contributed by atoms with Gasteiger partial charge in [-0.2, -0.15) is 0 Å². The van der Waals surface area contributed by atoms with Crippen molar-refractivity contribution < 1.29 is 34.1 Å². The summed E-state index contributed by atoms with van der Waals surface area (Å²) in [4.78, 5) is 50.2. The summed E-state index contributed by atoms with van der Waals surface area (Å²) in [5.41, 5.74) is 0.864. The number of carboxylic acids is 1. The van der Waals surface area contributed by atoms with Crippen molar-refractivity contribution in [2.24, 2.45) is 11.8 Å². The standard InChI is InChI=1S/C33H45N3O7/c1-2-25(32(40)34-21-24-14-8-4-9-15-24)19-29(37)27(18-23-12-6-3-7-13-23)35-30(38)20-28(33(41)42)36-31(39)22-43-26-16-10-5-11-17-26/h3,5-7,10-13,16-17,24-25,27-29,37H,2,4,8-9,14-15,18-22H2,1H3,(H,34,40)(H,35,38)(H,36,39)(H,41,42)/t25-,27+,28+,29+/m1/s1. The highest BCUT2D eigenvalue weighted by molar-refractivity contribution is 5.89. The van der Waals surface area contributed by atoms with Gasteiger partial charge in [0.05, 0.1) is 18.6 Å². The van der Waals surface area contributed by atoms with Crippen LogP contribution in [0.5, 0.6) is 5.75 Å². The molecule has 10 nitrogen and oxygen atoms in total. The van der Waals surface area contributed by atoms with Gasteiger partial charge in [0, 0.05) is 12.5 Å². The van der Waals surface area contributed by atoms with E-state index in [9.17, 15) is 29.4 Å². The van der Waals surface area contributed by atoms with Crippen LogP contribution in [-0.2, 0) is 25.6 Å². The Morgan fingerprint density at radius 3 is 2.19 bits per heavy atom. The first kappa shape index (κ1) is 33.6. The van der Waals surface area contributed by atoms with Crippen LogP contribution in [0.15, 0.2) is 60.7 Å². The highest BCUT2D eigenvalue weighted by atomic mass is 16.5. The normalized spacial score (nSPS) is 16.2. The zero-order valence-electron chi connectivity index (χ0n) is 24.9. The second kappa shape index (κ2) is 17.9. The summed E-state index contributed by atoms with van der Waals surface area (Å²) in [5, 5.41) is 29.1. The predicted molar refractivity (Wildman–Crippen MR) is 162 cm³/mol. The monoisotopic (exact) mass is 595 g/mol. The van der Waals surface area contributed by atoms with E-state index in [0.717, 1.165) is 18.4 Å². The minimum absolute atomic E-state index is 0.108. The summed E-state index contributed by atoms with van der Waals surface area (Å²) in [5.74, 6) is -2.32. The van der Waals surface area contributed by atoms with Gasteiger partial charge in [-0.25, -0.2) is 4.79 Å². The second-order valence-corrected chi connectivity index (χ2v) is 11.3. The SMILES string of the molecule is CC[C@H](C[C@H](O)[C@H](Cc1ccccc1)NC(=O)C[C@H](NC(=O)COc1ccccc1)C(=O)O)C(=O)NCC1CCCCC1. The first-order valence-corrected chi connectivity index (χ1v) is 15.2. The summed E-state index contributed by atoms with van der Waals surface area (Å²) in [7, 11) is 0. The van der Waals surface area contributed by atoms with E-state index in [1.165, 1.54) is 19.3 Å². The van der Waals surface area contributed by atoms with Gasteiger partial charge in [-0.15, -0.1) is 0 Å². The van der Waals surface area contributed by atoms with Crippen molar-refractivity contribution in [1.82, 2.24) is 16.0 Å². The van der Waals surface area contributed by atoms with Crippen molar-refractivity contribution >= 4 is 23.7 Å². The highest BCUT2D eigenvalue weighted by Crippen LogP contribution is 2.23. The molecule has 0 heterocycles. The second-order valence-electron chi connectivity index (χ2n) is 11.3. The molecule has 0 aromatic heterocycles. The molecule has 0 saturated heterocycles. The van der Waals surface area contributed by atoms with Crippen LogP contribution in [0.25, 0.3) is 0 Å². The Balaban J connectivity index is 1.59. The zero-order chi connectivity index (χ0) is 31.0. The Bertz CT molecular complexity index is 1160. The van der Waals surface area contributed by atoms with Crippen molar-refractivity contribution in [3.63, 3.8) is 0 Å². The Kier molecular flexibility index (Phi) is 14.0. The Morgan fingerprint density at radius 1 is 0.907 bits per heavy atom. The number of ether oxygens (including phenoxy) is 1. The van der Waals surface area contributed by atoms with Crippen molar-refractivity contribution in [2.45, 2.75) is 82.9 Å². The topological polar surface area (TPSA) is 154 Å². The molecule has 1 fully saturated rings. The molecule has 43 heavy (non-hydrogen) atoms. The van der Waals surface area contributed by atoms with Gasteiger partial charge in [0.1, 0.15) is 11.8 Å². The largest absolute Gasteiger partial charge is 0.484 e. The summed E-state index contributed by atoms with van der Waals surface area (Å²) in [6.45, 7) is 2.12. The molecule has 234 valence electrons. The average molecular weight is 596 g/mol. The zero-order valence-corrected chi connectivity index (χ0v) is 24.9. The first-order chi connectivity index (χ1) is 20.7. The number of amides is 3. The maximum absolute atomic E-state index is 13.0. The number of carbonyl (C=O) groups excluding carboxylic acids is 3. The smallest absolute Gasteiger partial charge is 0.326 e. The highest BCUT2D eigenvalue weighted by Gasteiger charge is 2.30. The third-order valence-electron chi connectivity index (χ3n) is 7.92. The maximum atomic E-state index is 13.0. The summed E-state index contributed by atoms with van der Waals surface area (Å²) < 4.78 is 5.36. The van der Waals surface area contributed by atoms with Gasteiger partial charge in [-0.3, -0.25) is 14.4 Å². The Labute approximate surface area is 253 Å². The molecule has 1 aliphatic rings.